The normalized spacial score (nSPS) is 22.6. The van der Waals surface area contributed by atoms with E-state index in [9.17, 15) is 27.2 Å². The van der Waals surface area contributed by atoms with Crippen molar-refractivity contribution < 1.29 is 31.9 Å². The summed E-state index contributed by atoms with van der Waals surface area (Å²) in [6, 6.07) is 9.04. The molecule has 5 rings (SSSR count). The molecule has 3 aliphatic rings. The molecule has 3 fully saturated rings. The fourth-order valence-corrected chi connectivity index (χ4v) is 6.37. The molecule has 218 valence electrons. The van der Waals surface area contributed by atoms with E-state index < -0.39 is 24.6 Å². The van der Waals surface area contributed by atoms with Gasteiger partial charge in [-0.05, 0) is 92.5 Å². The van der Waals surface area contributed by atoms with Gasteiger partial charge in [0.25, 0.3) is 5.91 Å². The largest absolute Gasteiger partial charge is 0.411 e. The van der Waals surface area contributed by atoms with Crippen molar-refractivity contribution in [3.8, 4) is 0 Å². The van der Waals surface area contributed by atoms with Crippen LogP contribution < -0.4 is 10.6 Å². The summed E-state index contributed by atoms with van der Waals surface area (Å²) in [4.78, 5) is 22.8. The van der Waals surface area contributed by atoms with Gasteiger partial charge in [0.05, 0.1) is 22.7 Å². The van der Waals surface area contributed by atoms with E-state index in [2.05, 4.69) is 15.4 Å². The number of nitrogens with one attached hydrogen (secondary N) is 2. The molecule has 0 saturated heterocycles. The van der Waals surface area contributed by atoms with Crippen molar-refractivity contribution >= 4 is 35.5 Å². The number of rotatable bonds is 9. The number of hydrogen-bond acceptors (Lipinski definition) is 3. The molecule has 0 aliphatic heterocycles. The predicted octanol–water partition coefficient (Wildman–Crippen LogP) is 7.55. The smallest absolute Gasteiger partial charge is 0.367 e. The Kier molecular flexibility index (Phi) is 10.0. The lowest BCUT2D eigenvalue weighted by Gasteiger charge is -2.36. The van der Waals surface area contributed by atoms with Crippen molar-refractivity contribution in [2.24, 2.45) is 11.3 Å². The average Bonchev–Trinajstić information content (AvgIpc) is 3.51. The van der Waals surface area contributed by atoms with E-state index in [1.54, 1.807) is 24.3 Å². The molecule has 3 saturated carbocycles. The molecule has 2 amide bonds. The van der Waals surface area contributed by atoms with Crippen LogP contribution in [-0.4, -0.2) is 31.1 Å². The first-order valence-electron chi connectivity index (χ1n) is 13.4. The quantitative estimate of drug-likeness (QED) is 0.177. The number of carbonyl (C=O) groups is 2. The molecular weight excluding hydrogens is 571 g/mol. The Bertz CT molecular complexity index is 1180. The number of alkyl halides is 3. The third-order valence-electron chi connectivity index (χ3n) is 8.20. The Morgan fingerprint density at radius 1 is 1.07 bits per heavy atom. The van der Waals surface area contributed by atoms with Gasteiger partial charge in [-0.3, -0.25) is 9.59 Å². The van der Waals surface area contributed by atoms with Crippen LogP contribution in [0.4, 0.5) is 17.6 Å². The molecular formula is C29H32Cl2F4N2O3. The van der Waals surface area contributed by atoms with Crippen molar-refractivity contribution in [2.75, 3.05) is 6.61 Å². The van der Waals surface area contributed by atoms with Crippen LogP contribution in [0.3, 0.4) is 0 Å². The molecule has 2 aromatic rings. The maximum Gasteiger partial charge on any atom is 0.411 e. The zero-order valence-electron chi connectivity index (χ0n) is 21.8. The van der Waals surface area contributed by atoms with E-state index in [-0.39, 0.29) is 29.0 Å². The second-order valence-electron chi connectivity index (χ2n) is 10.9. The highest BCUT2D eigenvalue weighted by Crippen LogP contribution is 2.60. The highest BCUT2D eigenvalue weighted by molar-refractivity contribution is 6.42. The summed E-state index contributed by atoms with van der Waals surface area (Å²) in [6.45, 7) is -1.39. The molecule has 0 spiro atoms. The monoisotopic (exact) mass is 602 g/mol. The highest BCUT2D eigenvalue weighted by atomic mass is 35.5. The molecule has 3 aliphatic carbocycles. The summed E-state index contributed by atoms with van der Waals surface area (Å²) in [5, 5.41) is 6.24. The average molecular weight is 603 g/mol. The van der Waals surface area contributed by atoms with Gasteiger partial charge in [-0.15, -0.1) is 0 Å². The van der Waals surface area contributed by atoms with Gasteiger partial charge in [0.15, 0.2) is 0 Å². The third kappa shape index (κ3) is 7.47. The number of hydrogen-bond donors (Lipinski definition) is 2. The minimum atomic E-state index is -4.32. The molecule has 1 unspecified atom stereocenters. The van der Waals surface area contributed by atoms with E-state index in [4.69, 9.17) is 23.2 Å². The third-order valence-corrected chi connectivity index (χ3v) is 9.02. The lowest BCUT2D eigenvalue weighted by molar-refractivity contribution is -0.176. The summed E-state index contributed by atoms with van der Waals surface area (Å²) >= 11 is 12.2. The van der Waals surface area contributed by atoms with Crippen LogP contribution in [0.2, 0.25) is 10.0 Å². The standard InChI is InChI=1S/C15H16Cl2FNO.C14H16F3NO2/c16-10-1-2-11(18)12(13(10)17)14(19-8-20)15-5-3-9(7-15)4-6-15;15-14(16,17)9-20-8-10-4-6-11(7-5-10)13(19)18-12-2-1-3-12/h1-2,8-9,14H,3-7H2,(H,19,20);4-7,12H,1-3,8-9H2,(H,18,19). The first kappa shape index (κ1) is 30.6. The Balaban J connectivity index is 0.000000185. The van der Waals surface area contributed by atoms with Gasteiger partial charge in [0.2, 0.25) is 6.41 Å². The van der Waals surface area contributed by atoms with Crippen LogP contribution >= 0.6 is 23.2 Å². The van der Waals surface area contributed by atoms with E-state index in [0.717, 1.165) is 51.4 Å². The van der Waals surface area contributed by atoms with Crippen molar-refractivity contribution in [3.05, 3.63) is 69.0 Å². The molecule has 0 radical (unpaired) electrons. The lowest BCUT2D eigenvalue weighted by Crippen LogP contribution is -2.39. The van der Waals surface area contributed by atoms with Crippen LogP contribution in [0.25, 0.3) is 0 Å². The number of benzene rings is 2. The summed E-state index contributed by atoms with van der Waals surface area (Å²) < 4.78 is 54.6. The topological polar surface area (TPSA) is 67.4 Å². The van der Waals surface area contributed by atoms with Crippen molar-refractivity contribution in [1.82, 2.24) is 10.6 Å². The zero-order chi connectivity index (χ0) is 28.9. The van der Waals surface area contributed by atoms with Gasteiger partial charge >= 0.3 is 6.18 Å². The van der Waals surface area contributed by atoms with E-state index in [1.165, 1.54) is 12.1 Å². The molecule has 2 bridgehead atoms. The first-order valence-corrected chi connectivity index (χ1v) is 14.1. The fraction of sp³-hybridized carbons (Fsp3) is 0.517. The zero-order valence-corrected chi connectivity index (χ0v) is 23.3. The Morgan fingerprint density at radius 2 is 1.75 bits per heavy atom. The maximum absolute atomic E-state index is 14.3. The minimum Gasteiger partial charge on any atom is -0.367 e. The summed E-state index contributed by atoms with van der Waals surface area (Å²) in [5.74, 6) is 0.160. The summed E-state index contributed by atoms with van der Waals surface area (Å²) in [6.07, 6.45) is 4.82. The summed E-state index contributed by atoms with van der Waals surface area (Å²) in [5.41, 5.74) is 1.39. The first-order chi connectivity index (χ1) is 19.0. The summed E-state index contributed by atoms with van der Waals surface area (Å²) in [7, 11) is 0. The van der Waals surface area contributed by atoms with E-state index >= 15 is 0 Å². The SMILES string of the molecule is O=C(NC1CCC1)c1ccc(COCC(F)(F)F)cc1.O=CNC(c1c(F)ccc(Cl)c1Cl)C12CCC(CC1)C2. The molecule has 1 atom stereocenters. The van der Waals surface area contributed by atoms with Crippen LogP contribution in [0.15, 0.2) is 36.4 Å². The molecule has 0 aromatic heterocycles. The molecule has 2 aromatic carbocycles. The van der Waals surface area contributed by atoms with Crippen LogP contribution in [0.5, 0.6) is 0 Å². The van der Waals surface area contributed by atoms with Gasteiger partial charge in [-0.2, -0.15) is 13.2 Å². The second-order valence-corrected chi connectivity index (χ2v) is 11.7. The van der Waals surface area contributed by atoms with Gasteiger partial charge in [0, 0.05) is 17.2 Å². The Hall–Kier alpha value is -2.36. The van der Waals surface area contributed by atoms with Gasteiger partial charge < -0.3 is 15.4 Å². The molecule has 11 heteroatoms. The fourth-order valence-electron chi connectivity index (χ4n) is 5.94. The van der Waals surface area contributed by atoms with Crippen LogP contribution in [0, 0.1) is 17.2 Å². The number of halogens is 6. The van der Waals surface area contributed by atoms with Crippen molar-refractivity contribution in [1.29, 1.82) is 0 Å². The minimum absolute atomic E-state index is 0.0687. The second kappa shape index (κ2) is 13.1. The Labute approximate surface area is 240 Å². The van der Waals surface area contributed by atoms with Crippen LogP contribution in [0.1, 0.15) is 78.9 Å². The number of amides is 2. The highest BCUT2D eigenvalue weighted by Gasteiger charge is 2.51. The molecule has 5 nitrogen and oxygen atoms in total. The number of fused-ring (bicyclic) bond motifs is 2. The lowest BCUT2D eigenvalue weighted by atomic mass is 9.74. The molecule has 0 heterocycles. The van der Waals surface area contributed by atoms with Gasteiger partial charge in [-0.1, -0.05) is 35.3 Å². The predicted molar refractivity (Wildman–Crippen MR) is 145 cm³/mol. The maximum atomic E-state index is 14.3. The van der Waals surface area contributed by atoms with E-state index in [1.807, 2.05) is 0 Å². The van der Waals surface area contributed by atoms with Crippen LogP contribution in [-0.2, 0) is 16.1 Å². The van der Waals surface area contributed by atoms with Crippen molar-refractivity contribution in [2.45, 2.75) is 76.2 Å². The number of ether oxygens (including phenoxy) is 1. The van der Waals surface area contributed by atoms with Gasteiger partial charge in [-0.25, -0.2) is 4.39 Å². The molecule has 40 heavy (non-hydrogen) atoms. The van der Waals surface area contributed by atoms with Crippen molar-refractivity contribution in [3.63, 3.8) is 0 Å². The van der Waals surface area contributed by atoms with E-state index in [0.29, 0.717) is 34.0 Å². The Morgan fingerprint density at radius 3 is 2.27 bits per heavy atom. The van der Waals surface area contributed by atoms with Gasteiger partial charge in [0.1, 0.15) is 12.4 Å². The molecule has 2 N–H and O–H groups in total. The number of carbonyl (C=O) groups excluding carboxylic acids is 2.